The van der Waals surface area contributed by atoms with Crippen molar-refractivity contribution >= 4 is 82.7 Å². The quantitative estimate of drug-likeness (QED) is 0.372. The van der Waals surface area contributed by atoms with Crippen LogP contribution in [0.25, 0.3) is 0 Å². The Bertz CT molecular complexity index is 882. The minimum atomic E-state index is -2.78. The second kappa shape index (κ2) is 11.0. The van der Waals surface area contributed by atoms with Gasteiger partial charge in [-0.05, 0) is 35.4 Å². The van der Waals surface area contributed by atoms with Crippen molar-refractivity contribution in [1.82, 2.24) is 5.32 Å². The van der Waals surface area contributed by atoms with Crippen LogP contribution in [0.3, 0.4) is 0 Å². The van der Waals surface area contributed by atoms with E-state index >= 15 is 0 Å². The van der Waals surface area contributed by atoms with Crippen LogP contribution in [-0.4, -0.2) is 98.7 Å². The van der Waals surface area contributed by atoms with E-state index in [2.05, 4.69) is 5.32 Å². The maximum atomic E-state index is 11.2. The minimum Gasteiger partial charge on any atom is -0.475 e. The van der Waals surface area contributed by atoms with Crippen LogP contribution in [0.4, 0.5) is 0 Å². The molecule has 1 atom stereocenters. The fourth-order valence-corrected chi connectivity index (χ4v) is 2.81. The molecule has 1 heterocycles. The topological polar surface area (TPSA) is 125 Å². The van der Waals surface area contributed by atoms with Crippen LogP contribution in [-0.2, 0) is 16.1 Å². The number of carboxylic acid groups (broad SMARTS) is 2. The zero-order chi connectivity index (χ0) is 19.6. The van der Waals surface area contributed by atoms with Gasteiger partial charge in [0.05, 0.1) is 6.10 Å². The van der Waals surface area contributed by atoms with E-state index in [-0.39, 0.29) is 77.2 Å². The summed E-state index contributed by atoms with van der Waals surface area (Å²) in [6.45, 7) is 0.588. The fraction of sp³-hybridized carbons (Fsp3) is 0.222. The Labute approximate surface area is 215 Å². The van der Waals surface area contributed by atoms with Gasteiger partial charge in [-0.15, -0.1) is 0 Å². The predicted octanol–water partition coefficient (Wildman–Crippen LogP) is 1.04. The summed E-state index contributed by atoms with van der Waals surface area (Å²) in [4.78, 5) is 22.5. The Balaban J connectivity index is 0.00000210. The van der Waals surface area contributed by atoms with Gasteiger partial charge in [0, 0.05) is 77.2 Å². The molecule has 0 aromatic heterocycles. The number of nitrogens with one attached hydrogen (secondary N) is 1. The zero-order valence-corrected chi connectivity index (χ0v) is 20.6. The third kappa shape index (κ3) is 5.88. The van der Waals surface area contributed by atoms with E-state index in [1.54, 1.807) is 30.3 Å². The molecule has 1 aliphatic heterocycles. The molecule has 0 aliphatic carbocycles. The van der Waals surface area contributed by atoms with Crippen LogP contribution in [0.15, 0.2) is 42.5 Å². The molecule has 0 saturated heterocycles. The number of fused-ring (bicyclic) bond motifs is 1. The number of aliphatic hydroxyl groups is 1. The van der Waals surface area contributed by atoms with Crippen molar-refractivity contribution in [3.63, 3.8) is 0 Å². The van der Waals surface area contributed by atoms with Gasteiger partial charge in [0.1, 0.15) is 0 Å². The second-order valence-electron chi connectivity index (χ2n) is 5.91. The SMILES string of the molecule is O=C(O)C1(C(=O)O)Oc2ccc(CNCC(O)c3cccc(Cl)c3)cc2O1.[Na].[Na]. The van der Waals surface area contributed by atoms with Gasteiger partial charge in [0.25, 0.3) is 0 Å². The summed E-state index contributed by atoms with van der Waals surface area (Å²) in [5.41, 5.74) is 1.37. The van der Waals surface area contributed by atoms with E-state index in [4.69, 9.17) is 31.3 Å². The van der Waals surface area contributed by atoms with Gasteiger partial charge in [0.15, 0.2) is 11.5 Å². The molecule has 2 aromatic carbocycles. The van der Waals surface area contributed by atoms with Crippen molar-refractivity contribution in [3.05, 3.63) is 58.6 Å². The number of hydrogen-bond donors (Lipinski definition) is 4. The first-order valence-electron chi connectivity index (χ1n) is 7.94. The molecule has 1 unspecified atom stereocenters. The first kappa shape index (κ1) is 26.2. The average Bonchev–Trinajstić information content (AvgIpc) is 3.02. The molecule has 0 fully saturated rings. The van der Waals surface area contributed by atoms with Crippen molar-refractivity contribution in [3.8, 4) is 11.5 Å². The van der Waals surface area contributed by atoms with Crippen molar-refractivity contribution in [2.75, 3.05) is 6.54 Å². The largest absolute Gasteiger partial charge is 0.475 e. The van der Waals surface area contributed by atoms with E-state index in [1.165, 1.54) is 12.1 Å². The van der Waals surface area contributed by atoms with Gasteiger partial charge in [-0.25, -0.2) is 9.59 Å². The fourth-order valence-electron chi connectivity index (χ4n) is 2.61. The molecule has 3 rings (SSSR count). The predicted molar refractivity (Wildman–Crippen MR) is 105 cm³/mol. The van der Waals surface area contributed by atoms with Crippen LogP contribution < -0.4 is 14.8 Å². The smallest absolute Gasteiger partial charge is 0.453 e. The van der Waals surface area contributed by atoms with Gasteiger partial charge in [-0.2, -0.15) is 0 Å². The second-order valence-corrected chi connectivity index (χ2v) is 6.35. The van der Waals surface area contributed by atoms with E-state index in [0.29, 0.717) is 22.7 Å². The van der Waals surface area contributed by atoms with E-state index < -0.39 is 23.8 Å². The summed E-state index contributed by atoms with van der Waals surface area (Å²) in [7, 11) is 0. The van der Waals surface area contributed by atoms with Crippen molar-refractivity contribution < 1.29 is 34.4 Å². The van der Waals surface area contributed by atoms with E-state index in [1.807, 2.05) is 0 Å². The van der Waals surface area contributed by atoms with Crippen LogP contribution in [0.2, 0.25) is 5.02 Å². The maximum absolute atomic E-state index is 11.2. The Morgan fingerprint density at radius 2 is 1.69 bits per heavy atom. The number of carboxylic acids is 2. The number of aliphatic hydroxyl groups excluding tert-OH is 1. The standard InChI is InChI=1S/C18H16ClNO7.2Na/c19-12-3-1-2-11(7-12)13(21)9-20-8-10-4-5-14-15(6-10)27-18(26-14,16(22)23)17(24)25;;/h1-7,13,20-21H,8-9H2,(H,22,23)(H,24,25);;. The third-order valence-electron chi connectivity index (χ3n) is 3.98. The molecular formula is C18H16ClNNa2O7. The average molecular weight is 440 g/mol. The molecule has 4 N–H and O–H groups in total. The summed E-state index contributed by atoms with van der Waals surface area (Å²) in [5, 5.41) is 32.0. The molecule has 29 heavy (non-hydrogen) atoms. The van der Waals surface area contributed by atoms with Crippen molar-refractivity contribution in [2.24, 2.45) is 0 Å². The summed E-state index contributed by atoms with van der Waals surface area (Å²) >= 11 is 5.90. The molecule has 144 valence electrons. The Morgan fingerprint density at radius 3 is 2.31 bits per heavy atom. The molecular weight excluding hydrogens is 424 g/mol. The molecule has 2 radical (unpaired) electrons. The van der Waals surface area contributed by atoms with Gasteiger partial charge in [-0.3, -0.25) is 0 Å². The van der Waals surface area contributed by atoms with Gasteiger partial charge >= 0.3 is 17.7 Å². The van der Waals surface area contributed by atoms with Crippen molar-refractivity contribution in [1.29, 1.82) is 0 Å². The Morgan fingerprint density at radius 1 is 1.03 bits per heavy atom. The van der Waals surface area contributed by atoms with Gasteiger partial charge in [0.2, 0.25) is 0 Å². The molecule has 8 nitrogen and oxygen atoms in total. The molecule has 1 aliphatic rings. The number of aliphatic carboxylic acids is 2. The number of benzene rings is 2. The summed E-state index contributed by atoms with van der Waals surface area (Å²) < 4.78 is 10.0. The monoisotopic (exact) mass is 439 g/mol. The summed E-state index contributed by atoms with van der Waals surface area (Å²) in [5.74, 6) is -6.24. The van der Waals surface area contributed by atoms with Crippen LogP contribution in [0.5, 0.6) is 11.5 Å². The first-order valence-corrected chi connectivity index (χ1v) is 8.31. The molecule has 0 spiro atoms. The molecule has 0 amide bonds. The van der Waals surface area contributed by atoms with Crippen molar-refractivity contribution in [2.45, 2.75) is 18.4 Å². The Kier molecular flexibility index (Phi) is 9.94. The van der Waals surface area contributed by atoms with Gasteiger partial charge in [-0.1, -0.05) is 29.8 Å². The van der Waals surface area contributed by atoms with Crippen LogP contribution in [0, 0.1) is 0 Å². The van der Waals surface area contributed by atoms with E-state index in [9.17, 15) is 14.7 Å². The summed E-state index contributed by atoms with van der Waals surface area (Å²) in [6.07, 6.45) is -0.760. The molecule has 11 heteroatoms. The van der Waals surface area contributed by atoms with Crippen LogP contribution >= 0.6 is 11.6 Å². The maximum Gasteiger partial charge on any atom is 0.453 e. The summed E-state index contributed by atoms with van der Waals surface area (Å²) in [6, 6.07) is 11.5. The molecule has 2 aromatic rings. The first-order chi connectivity index (χ1) is 12.8. The number of hydrogen-bond acceptors (Lipinski definition) is 6. The number of rotatable bonds is 7. The zero-order valence-electron chi connectivity index (χ0n) is 15.9. The number of ether oxygens (including phenoxy) is 2. The number of halogens is 1. The van der Waals surface area contributed by atoms with Crippen LogP contribution in [0.1, 0.15) is 17.2 Å². The Hall–Kier alpha value is -0.810. The van der Waals surface area contributed by atoms with E-state index in [0.717, 1.165) is 0 Å². The molecule has 0 bridgehead atoms. The van der Waals surface area contributed by atoms with Gasteiger partial charge < -0.3 is 30.1 Å². The minimum absolute atomic E-state index is 0. The normalized spacial score (nSPS) is 14.3. The molecule has 0 saturated carbocycles. The number of carbonyl (C=O) groups is 2. The third-order valence-corrected chi connectivity index (χ3v) is 4.21.